The van der Waals surface area contributed by atoms with Crippen molar-refractivity contribution in [2.24, 2.45) is 4.99 Å². The molecular formula is C26H24ClN3. The van der Waals surface area contributed by atoms with Gasteiger partial charge in [0.2, 0.25) is 5.96 Å². The van der Waals surface area contributed by atoms with Crippen LogP contribution in [-0.2, 0) is 0 Å². The Bertz CT molecular complexity index is 1170. The van der Waals surface area contributed by atoms with Crippen LogP contribution in [0.2, 0.25) is 5.02 Å². The Labute approximate surface area is 182 Å². The molecule has 4 heteroatoms. The van der Waals surface area contributed by atoms with Crippen LogP contribution in [0.1, 0.15) is 19.3 Å². The molecule has 0 spiro atoms. The van der Waals surface area contributed by atoms with Crippen molar-refractivity contribution in [1.82, 2.24) is 9.47 Å². The standard InChI is InChI=1S/C26H24ClN3/c27-22-13-15-23(16-14-22)28-26(29-17-7-2-8-18-29)30-24-12-6-5-11-21(24)19-25(30)20-9-3-1-4-10-20/h1,3-6,9-16,19H,2,7-8,17-18H2. The number of hydrogen-bond acceptors (Lipinski definition) is 1. The molecule has 0 bridgehead atoms. The summed E-state index contributed by atoms with van der Waals surface area (Å²) in [5.74, 6) is 0.983. The average molecular weight is 414 g/mol. The second kappa shape index (κ2) is 8.37. The molecule has 0 atom stereocenters. The van der Waals surface area contributed by atoms with Crippen molar-refractivity contribution in [3.05, 3.63) is 90.0 Å². The number of hydrogen-bond donors (Lipinski definition) is 0. The number of rotatable bonds is 2. The number of fused-ring (bicyclic) bond motifs is 1. The van der Waals surface area contributed by atoms with E-state index in [1.165, 1.54) is 35.7 Å². The first-order chi connectivity index (χ1) is 14.8. The molecule has 2 heterocycles. The van der Waals surface area contributed by atoms with E-state index in [1.54, 1.807) is 0 Å². The van der Waals surface area contributed by atoms with Gasteiger partial charge in [-0.2, -0.15) is 0 Å². The van der Waals surface area contributed by atoms with E-state index in [9.17, 15) is 0 Å². The van der Waals surface area contributed by atoms with Crippen LogP contribution >= 0.6 is 11.6 Å². The molecule has 0 unspecified atom stereocenters. The molecule has 1 aliphatic rings. The van der Waals surface area contributed by atoms with Crippen LogP contribution in [0.3, 0.4) is 0 Å². The van der Waals surface area contributed by atoms with Crippen molar-refractivity contribution in [2.75, 3.05) is 13.1 Å². The van der Waals surface area contributed by atoms with Gasteiger partial charge in [0, 0.05) is 23.5 Å². The van der Waals surface area contributed by atoms with Crippen LogP contribution in [0.4, 0.5) is 5.69 Å². The molecular weight excluding hydrogens is 390 g/mol. The molecule has 0 amide bonds. The zero-order chi connectivity index (χ0) is 20.3. The van der Waals surface area contributed by atoms with Crippen molar-refractivity contribution < 1.29 is 0 Å². The van der Waals surface area contributed by atoms with Crippen LogP contribution < -0.4 is 0 Å². The van der Waals surface area contributed by atoms with E-state index in [2.05, 4.69) is 70.1 Å². The summed E-state index contributed by atoms with van der Waals surface area (Å²) in [6, 6.07) is 29.2. The SMILES string of the molecule is Clc1ccc(N=C(N2CCCCC2)n2c(-c3ccccc3)cc3ccccc32)cc1. The maximum absolute atomic E-state index is 6.12. The smallest absolute Gasteiger partial charge is 0.211 e. The van der Waals surface area contributed by atoms with E-state index >= 15 is 0 Å². The van der Waals surface area contributed by atoms with Crippen molar-refractivity contribution in [3.8, 4) is 11.3 Å². The minimum Gasteiger partial charge on any atom is -0.342 e. The minimum atomic E-state index is 0.727. The molecule has 1 aliphatic heterocycles. The zero-order valence-corrected chi connectivity index (χ0v) is 17.6. The minimum absolute atomic E-state index is 0.727. The van der Waals surface area contributed by atoms with Crippen LogP contribution in [0, 0.1) is 0 Å². The molecule has 3 aromatic carbocycles. The molecule has 150 valence electrons. The Morgan fingerprint density at radius 1 is 0.767 bits per heavy atom. The van der Waals surface area contributed by atoms with Crippen molar-refractivity contribution in [2.45, 2.75) is 19.3 Å². The highest BCUT2D eigenvalue weighted by atomic mass is 35.5. The van der Waals surface area contributed by atoms with Crippen molar-refractivity contribution in [3.63, 3.8) is 0 Å². The van der Waals surface area contributed by atoms with Gasteiger partial charge in [-0.05, 0) is 61.2 Å². The van der Waals surface area contributed by atoms with Crippen molar-refractivity contribution in [1.29, 1.82) is 0 Å². The Kier molecular flexibility index (Phi) is 5.29. The molecule has 0 N–H and O–H groups in total. The van der Waals surface area contributed by atoms with Gasteiger partial charge in [-0.25, -0.2) is 4.99 Å². The maximum Gasteiger partial charge on any atom is 0.211 e. The van der Waals surface area contributed by atoms with Gasteiger partial charge in [-0.1, -0.05) is 60.1 Å². The average Bonchev–Trinajstić information content (AvgIpc) is 3.19. The number of para-hydroxylation sites is 1. The molecule has 1 fully saturated rings. The predicted molar refractivity (Wildman–Crippen MR) is 127 cm³/mol. The molecule has 1 aromatic heterocycles. The third-order valence-corrected chi connectivity index (χ3v) is 5.93. The quantitative estimate of drug-likeness (QED) is 0.256. The lowest BCUT2D eigenvalue weighted by atomic mass is 10.1. The normalized spacial score (nSPS) is 15.0. The van der Waals surface area contributed by atoms with E-state index < -0.39 is 0 Å². The second-order valence-corrected chi connectivity index (χ2v) is 8.16. The fraction of sp³-hybridized carbons (Fsp3) is 0.192. The maximum atomic E-state index is 6.12. The lowest BCUT2D eigenvalue weighted by molar-refractivity contribution is 0.335. The summed E-state index contributed by atoms with van der Waals surface area (Å²) in [5, 5.41) is 1.95. The molecule has 30 heavy (non-hydrogen) atoms. The molecule has 5 rings (SSSR count). The molecule has 0 saturated carbocycles. The van der Waals surface area contributed by atoms with Crippen molar-refractivity contribution >= 4 is 34.2 Å². The molecule has 0 aliphatic carbocycles. The van der Waals surface area contributed by atoms with Crippen LogP contribution in [0.25, 0.3) is 22.2 Å². The van der Waals surface area contributed by atoms with E-state index in [0.717, 1.165) is 35.5 Å². The first-order valence-electron chi connectivity index (χ1n) is 10.5. The van der Waals surface area contributed by atoms with Crippen LogP contribution in [0.5, 0.6) is 0 Å². The van der Waals surface area contributed by atoms with Gasteiger partial charge in [0.05, 0.1) is 16.9 Å². The van der Waals surface area contributed by atoms with E-state index in [4.69, 9.17) is 16.6 Å². The van der Waals surface area contributed by atoms with E-state index in [-0.39, 0.29) is 0 Å². The fourth-order valence-corrected chi connectivity index (χ4v) is 4.30. The zero-order valence-electron chi connectivity index (χ0n) is 16.8. The fourth-order valence-electron chi connectivity index (χ4n) is 4.18. The number of nitrogens with zero attached hydrogens (tertiary/aromatic N) is 3. The lowest BCUT2D eigenvalue weighted by Crippen LogP contribution is -2.39. The lowest BCUT2D eigenvalue weighted by Gasteiger charge is -2.31. The summed E-state index contributed by atoms with van der Waals surface area (Å²) in [4.78, 5) is 7.58. The van der Waals surface area contributed by atoms with E-state index in [1.807, 2.05) is 24.3 Å². The first-order valence-corrected chi connectivity index (χ1v) is 10.9. The summed E-state index contributed by atoms with van der Waals surface area (Å²) in [5.41, 5.74) is 4.44. The van der Waals surface area contributed by atoms with Gasteiger partial charge < -0.3 is 4.90 Å². The summed E-state index contributed by atoms with van der Waals surface area (Å²) in [6.07, 6.45) is 3.67. The highest BCUT2D eigenvalue weighted by Crippen LogP contribution is 2.30. The Balaban J connectivity index is 1.75. The second-order valence-electron chi connectivity index (χ2n) is 7.73. The third kappa shape index (κ3) is 3.73. The third-order valence-electron chi connectivity index (χ3n) is 5.67. The summed E-state index contributed by atoms with van der Waals surface area (Å²) >= 11 is 6.12. The van der Waals surface area contributed by atoms with Crippen LogP contribution in [-0.4, -0.2) is 28.5 Å². The summed E-state index contributed by atoms with van der Waals surface area (Å²) in [6.45, 7) is 2.04. The summed E-state index contributed by atoms with van der Waals surface area (Å²) < 4.78 is 2.32. The first kappa shape index (κ1) is 19.0. The van der Waals surface area contributed by atoms with Gasteiger partial charge in [0.15, 0.2) is 0 Å². The molecule has 3 nitrogen and oxygen atoms in total. The number of halogens is 1. The highest BCUT2D eigenvalue weighted by molar-refractivity contribution is 6.30. The number of likely N-dealkylation sites (tertiary alicyclic amines) is 1. The van der Waals surface area contributed by atoms with Gasteiger partial charge >= 0.3 is 0 Å². The molecule has 1 saturated heterocycles. The van der Waals surface area contributed by atoms with Gasteiger partial charge in [0.1, 0.15) is 0 Å². The highest BCUT2D eigenvalue weighted by Gasteiger charge is 2.22. The Hall–Kier alpha value is -3.04. The van der Waals surface area contributed by atoms with E-state index in [0.29, 0.717) is 0 Å². The van der Waals surface area contributed by atoms with Gasteiger partial charge in [-0.15, -0.1) is 0 Å². The molecule has 0 radical (unpaired) electrons. The van der Waals surface area contributed by atoms with Gasteiger partial charge in [0.25, 0.3) is 0 Å². The number of aliphatic imine (C=N–C) groups is 1. The van der Waals surface area contributed by atoms with Gasteiger partial charge in [-0.3, -0.25) is 4.57 Å². The number of piperidine rings is 1. The Morgan fingerprint density at radius 3 is 2.23 bits per heavy atom. The number of aromatic nitrogens is 1. The topological polar surface area (TPSA) is 20.5 Å². The largest absolute Gasteiger partial charge is 0.342 e. The van der Waals surface area contributed by atoms with Crippen LogP contribution in [0.15, 0.2) is 89.9 Å². The Morgan fingerprint density at radius 2 is 1.47 bits per heavy atom. The predicted octanol–water partition coefficient (Wildman–Crippen LogP) is 6.98. The number of benzene rings is 3. The monoisotopic (exact) mass is 413 g/mol. The molecule has 4 aromatic rings. The summed E-state index contributed by atoms with van der Waals surface area (Å²) in [7, 11) is 0.